The molecule has 0 unspecified atom stereocenters. The highest BCUT2D eigenvalue weighted by Gasteiger charge is 2.31. The molecule has 34 heavy (non-hydrogen) atoms. The van der Waals surface area contributed by atoms with Gasteiger partial charge in [-0.15, -0.1) is 0 Å². The zero-order chi connectivity index (χ0) is 24.3. The molecule has 1 aliphatic heterocycles. The molecule has 0 aromatic heterocycles. The van der Waals surface area contributed by atoms with Crippen LogP contribution in [0.1, 0.15) is 36.0 Å². The molecule has 2 aliphatic rings. The lowest BCUT2D eigenvalue weighted by Crippen LogP contribution is -2.49. The van der Waals surface area contributed by atoms with Crippen LogP contribution < -0.4 is 9.62 Å². The summed E-state index contributed by atoms with van der Waals surface area (Å²) in [5.74, 6) is -0.183. The lowest BCUT2D eigenvalue weighted by atomic mass is 9.92. The van der Waals surface area contributed by atoms with Crippen LogP contribution in [0, 0.1) is 0 Å². The van der Waals surface area contributed by atoms with Crippen molar-refractivity contribution in [3.63, 3.8) is 0 Å². The molecule has 0 saturated carbocycles. The van der Waals surface area contributed by atoms with Gasteiger partial charge < -0.3 is 9.80 Å². The number of hydrogen-bond acceptors (Lipinski definition) is 4. The molecule has 1 aliphatic carbocycles. The smallest absolute Gasteiger partial charge is 0.368 e. The summed E-state index contributed by atoms with van der Waals surface area (Å²) < 4.78 is 66.7. The molecular weight excluding hydrogens is 467 g/mol. The van der Waals surface area contributed by atoms with Crippen LogP contribution in [0.3, 0.4) is 0 Å². The van der Waals surface area contributed by atoms with Crippen LogP contribution in [-0.4, -0.2) is 51.9 Å². The van der Waals surface area contributed by atoms with E-state index in [2.05, 4.69) is 4.72 Å². The van der Waals surface area contributed by atoms with Crippen LogP contribution in [0.2, 0.25) is 0 Å². The number of carbonyl (C=O) groups excluding carboxylic acids is 1. The second kappa shape index (κ2) is 9.95. The SMILES string of the molecule is O=C(CCNS(=O)(=O)c1ccc2c(c1)CCCC2)N1CCN(c2cccc(C(F)(F)F)c2)CC1. The maximum atomic E-state index is 13.0. The van der Waals surface area contributed by atoms with Gasteiger partial charge in [0.15, 0.2) is 0 Å². The monoisotopic (exact) mass is 495 g/mol. The average molecular weight is 496 g/mol. The summed E-state index contributed by atoms with van der Waals surface area (Å²) in [6, 6.07) is 10.4. The molecule has 1 heterocycles. The Kier molecular flexibility index (Phi) is 7.18. The van der Waals surface area contributed by atoms with Crippen molar-refractivity contribution < 1.29 is 26.4 Å². The first-order valence-corrected chi connectivity index (χ1v) is 12.9. The van der Waals surface area contributed by atoms with Crippen LogP contribution in [0.4, 0.5) is 18.9 Å². The standard InChI is InChI=1S/C24H28F3N3O3S/c25-24(26,27)20-6-3-7-21(17-20)29-12-14-30(15-13-29)23(31)10-11-28-34(32,33)22-9-8-18-4-1-2-5-19(18)16-22/h3,6-9,16-17,28H,1-2,4-5,10-15H2. The van der Waals surface area contributed by atoms with E-state index >= 15 is 0 Å². The first kappa shape index (κ1) is 24.5. The van der Waals surface area contributed by atoms with Gasteiger partial charge in [-0.25, -0.2) is 13.1 Å². The summed E-state index contributed by atoms with van der Waals surface area (Å²) in [4.78, 5) is 16.2. The maximum absolute atomic E-state index is 13.0. The number of hydrogen-bond donors (Lipinski definition) is 1. The lowest BCUT2D eigenvalue weighted by molar-refractivity contribution is -0.137. The van der Waals surface area contributed by atoms with Gasteiger partial charge in [0.2, 0.25) is 15.9 Å². The molecule has 0 spiro atoms. The van der Waals surface area contributed by atoms with Crippen LogP contribution >= 0.6 is 0 Å². The van der Waals surface area contributed by atoms with E-state index in [1.165, 1.54) is 11.6 Å². The van der Waals surface area contributed by atoms with Gasteiger partial charge in [0, 0.05) is 44.8 Å². The Hall–Kier alpha value is -2.59. The number of alkyl halides is 3. The third-order valence-corrected chi connectivity index (χ3v) is 7.89. The quantitative estimate of drug-likeness (QED) is 0.665. The molecule has 0 radical (unpaired) electrons. The fraction of sp³-hybridized carbons (Fsp3) is 0.458. The molecular formula is C24H28F3N3O3S. The second-order valence-electron chi connectivity index (χ2n) is 8.70. The van der Waals surface area contributed by atoms with Gasteiger partial charge in [-0.1, -0.05) is 12.1 Å². The van der Waals surface area contributed by atoms with Crippen LogP contribution in [0.5, 0.6) is 0 Å². The Morgan fingerprint density at radius 2 is 1.65 bits per heavy atom. The topological polar surface area (TPSA) is 69.7 Å². The zero-order valence-corrected chi connectivity index (χ0v) is 19.6. The number of carbonyl (C=O) groups is 1. The van der Waals surface area contributed by atoms with Gasteiger partial charge in [-0.3, -0.25) is 4.79 Å². The highest BCUT2D eigenvalue weighted by molar-refractivity contribution is 7.89. The molecule has 1 saturated heterocycles. The molecule has 10 heteroatoms. The molecule has 0 bridgehead atoms. The Bertz CT molecular complexity index is 1140. The maximum Gasteiger partial charge on any atom is 0.416 e. The lowest BCUT2D eigenvalue weighted by Gasteiger charge is -2.36. The predicted octanol–water partition coefficient (Wildman–Crippen LogP) is 3.60. The Labute approximate surface area is 197 Å². The predicted molar refractivity (Wildman–Crippen MR) is 123 cm³/mol. The molecule has 1 amide bonds. The van der Waals surface area contributed by atoms with Gasteiger partial charge in [-0.05, 0) is 67.1 Å². The van der Waals surface area contributed by atoms with E-state index in [0.29, 0.717) is 31.9 Å². The zero-order valence-electron chi connectivity index (χ0n) is 18.8. The van der Waals surface area contributed by atoms with Gasteiger partial charge >= 0.3 is 6.18 Å². The third kappa shape index (κ3) is 5.72. The molecule has 184 valence electrons. The Morgan fingerprint density at radius 3 is 2.35 bits per heavy atom. The summed E-state index contributed by atoms with van der Waals surface area (Å²) in [6.45, 7) is 1.55. The van der Waals surface area contributed by atoms with Crippen molar-refractivity contribution in [1.29, 1.82) is 0 Å². The van der Waals surface area contributed by atoms with E-state index in [1.54, 1.807) is 23.1 Å². The molecule has 1 N–H and O–H groups in total. The number of nitrogens with zero attached hydrogens (tertiary/aromatic N) is 2. The Balaban J connectivity index is 1.27. The van der Waals surface area contributed by atoms with Crippen molar-refractivity contribution in [2.75, 3.05) is 37.6 Å². The van der Waals surface area contributed by atoms with Crippen molar-refractivity contribution in [3.8, 4) is 0 Å². The average Bonchev–Trinajstić information content (AvgIpc) is 2.83. The molecule has 2 aromatic carbocycles. The summed E-state index contributed by atoms with van der Waals surface area (Å²) in [6.07, 6.45) is -0.358. The van der Waals surface area contributed by atoms with Gasteiger partial charge in [-0.2, -0.15) is 13.2 Å². The van der Waals surface area contributed by atoms with Crippen LogP contribution in [-0.2, 0) is 33.8 Å². The molecule has 1 fully saturated rings. The van der Waals surface area contributed by atoms with E-state index in [-0.39, 0.29) is 23.8 Å². The normalized spacial score (nSPS) is 16.9. The first-order chi connectivity index (χ1) is 16.1. The number of fused-ring (bicyclic) bond motifs is 1. The number of halogens is 3. The summed E-state index contributed by atoms with van der Waals surface area (Å²) in [5, 5.41) is 0. The summed E-state index contributed by atoms with van der Waals surface area (Å²) in [7, 11) is -3.70. The minimum absolute atomic E-state index is 0.00784. The largest absolute Gasteiger partial charge is 0.416 e. The molecule has 2 aromatic rings. The number of piperazine rings is 1. The molecule has 6 nitrogen and oxygen atoms in total. The number of amides is 1. The highest BCUT2D eigenvalue weighted by Crippen LogP contribution is 2.32. The third-order valence-electron chi connectivity index (χ3n) is 6.43. The van der Waals surface area contributed by atoms with Crippen molar-refractivity contribution in [1.82, 2.24) is 9.62 Å². The first-order valence-electron chi connectivity index (χ1n) is 11.4. The van der Waals surface area contributed by atoms with E-state index in [0.717, 1.165) is 43.4 Å². The number of aryl methyl sites for hydroxylation is 2. The minimum atomic E-state index is -4.40. The van der Waals surface area contributed by atoms with Crippen molar-refractivity contribution in [3.05, 3.63) is 59.2 Å². The fourth-order valence-electron chi connectivity index (χ4n) is 4.50. The van der Waals surface area contributed by atoms with Crippen LogP contribution in [0.25, 0.3) is 0 Å². The molecule has 0 atom stereocenters. The van der Waals surface area contributed by atoms with Crippen LogP contribution in [0.15, 0.2) is 47.4 Å². The van der Waals surface area contributed by atoms with Crippen molar-refractivity contribution >= 4 is 21.6 Å². The van der Waals surface area contributed by atoms with Crippen molar-refractivity contribution in [2.45, 2.75) is 43.2 Å². The van der Waals surface area contributed by atoms with E-state index in [9.17, 15) is 26.4 Å². The highest BCUT2D eigenvalue weighted by atomic mass is 32.2. The summed E-state index contributed by atoms with van der Waals surface area (Å²) >= 11 is 0. The van der Waals surface area contributed by atoms with Gasteiger partial charge in [0.25, 0.3) is 0 Å². The fourth-order valence-corrected chi connectivity index (χ4v) is 5.59. The number of nitrogens with one attached hydrogen (secondary N) is 1. The summed E-state index contributed by atoms with van der Waals surface area (Å²) in [5.41, 5.74) is 2.04. The van der Waals surface area contributed by atoms with Gasteiger partial charge in [0.05, 0.1) is 10.5 Å². The van der Waals surface area contributed by atoms with Gasteiger partial charge in [0.1, 0.15) is 0 Å². The second-order valence-corrected chi connectivity index (χ2v) is 10.5. The number of benzene rings is 2. The van der Waals surface area contributed by atoms with E-state index in [1.807, 2.05) is 11.0 Å². The van der Waals surface area contributed by atoms with E-state index in [4.69, 9.17) is 0 Å². The number of anilines is 1. The number of sulfonamides is 1. The Morgan fingerprint density at radius 1 is 0.941 bits per heavy atom. The number of rotatable bonds is 6. The minimum Gasteiger partial charge on any atom is -0.368 e. The van der Waals surface area contributed by atoms with E-state index < -0.39 is 21.8 Å². The molecule has 4 rings (SSSR count). The van der Waals surface area contributed by atoms with Crippen molar-refractivity contribution in [2.24, 2.45) is 0 Å².